The zero-order valence-corrected chi connectivity index (χ0v) is 10.9. The predicted octanol–water partition coefficient (Wildman–Crippen LogP) is 2.80. The lowest BCUT2D eigenvalue weighted by Gasteiger charge is -2.33. The standard InChI is InChI=1S/C14H25NO2/c1-11-6-2-3-7-12(11)10-15-14(13(16)17)8-4-5-9-14/h11-12,15H,2-10H2,1H3,(H,16,17). The summed E-state index contributed by atoms with van der Waals surface area (Å²) in [6.07, 6.45) is 8.97. The molecule has 2 atom stereocenters. The molecule has 2 aliphatic carbocycles. The van der Waals surface area contributed by atoms with Crippen molar-refractivity contribution < 1.29 is 9.90 Å². The molecule has 2 aliphatic rings. The van der Waals surface area contributed by atoms with E-state index in [1.54, 1.807) is 0 Å². The van der Waals surface area contributed by atoms with Crippen molar-refractivity contribution in [2.45, 2.75) is 63.8 Å². The minimum atomic E-state index is -0.640. The van der Waals surface area contributed by atoms with Gasteiger partial charge in [0, 0.05) is 0 Å². The third kappa shape index (κ3) is 2.82. The summed E-state index contributed by atoms with van der Waals surface area (Å²) < 4.78 is 0. The number of hydrogen-bond acceptors (Lipinski definition) is 2. The summed E-state index contributed by atoms with van der Waals surface area (Å²) in [5.41, 5.74) is -0.600. The number of aliphatic carboxylic acids is 1. The molecule has 17 heavy (non-hydrogen) atoms. The van der Waals surface area contributed by atoms with Gasteiger partial charge in [0.05, 0.1) is 0 Å². The Balaban J connectivity index is 1.89. The average Bonchev–Trinajstić information content (AvgIpc) is 2.78. The maximum absolute atomic E-state index is 11.4. The molecule has 0 aromatic heterocycles. The maximum atomic E-state index is 11.4. The Kier molecular flexibility index (Phi) is 4.08. The molecule has 98 valence electrons. The first-order valence-corrected chi connectivity index (χ1v) is 7.12. The summed E-state index contributed by atoms with van der Waals surface area (Å²) >= 11 is 0. The molecule has 0 aromatic carbocycles. The summed E-state index contributed by atoms with van der Waals surface area (Å²) in [4.78, 5) is 11.4. The maximum Gasteiger partial charge on any atom is 0.323 e. The van der Waals surface area contributed by atoms with Gasteiger partial charge in [-0.05, 0) is 37.6 Å². The van der Waals surface area contributed by atoms with Gasteiger partial charge < -0.3 is 10.4 Å². The molecule has 0 radical (unpaired) electrons. The van der Waals surface area contributed by atoms with Crippen LogP contribution in [0.4, 0.5) is 0 Å². The molecule has 0 bridgehead atoms. The quantitative estimate of drug-likeness (QED) is 0.793. The van der Waals surface area contributed by atoms with Gasteiger partial charge in [0.25, 0.3) is 0 Å². The van der Waals surface area contributed by atoms with Crippen LogP contribution in [0, 0.1) is 11.8 Å². The van der Waals surface area contributed by atoms with E-state index in [0.29, 0.717) is 5.92 Å². The number of carboxylic acid groups (broad SMARTS) is 1. The highest BCUT2D eigenvalue weighted by Crippen LogP contribution is 2.33. The molecule has 0 saturated heterocycles. The van der Waals surface area contributed by atoms with Crippen LogP contribution in [0.1, 0.15) is 58.3 Å². The first-order valence-electron chi connectivity index (χ1n) is 7.12. The van der Waals surface area contributed by atoms with Gasteiger partial charge in [-0.1, -0.05) is 39.0 Å². The van der Waals surface area contributed by atoms with Gasteiger partial charge in [-0.3, -0.25) is 4.79 Å². The van der Waals surface area contributed by atoms with Crippen molar-refractivity contribution in [2.24, 2.45) is 11.8 Å². The average molecular weight is 239 g/mol. The number of hydrogen-bond donors (Lipinski definition) is 2. The Hall–Kier alpha value is -0.570. The summed E-state index contributed by atoms with van der Waals surface area (Å²) in [6.45, 7) is 3.21. The van der Waals surface area contributed by atoms with Crippen LogP contribution in [0.5, 0.6) is 0 Å². The zero-order valence-electron chi connectivity index (χ0n) is 10.9. The lowest BCUT2D eigenvalue weighted by Crippen LogP contribution is -2.52. The molecule has 2 rings (SSSR count). The van der Waals surface area contributed by atoms with E-state index in [9.17, 15) is 9.90 Å². The Morgan fingerprint density at radius 3 is 2.47 bits per heavy atom. The van der Waals surface area contributed by atoms with Crippen molar-refractivity contribution in [3.05, 3.63) is 0 Å². The lowest BCUT2D eigenvalue weighted by atomic mass is 9.80. The molecule has 3 heteroatoms. The van der Waals surface area contributed by atoms with E-state index in [2.05, 4.69) is 12.2 Å². The fourth-order valence-electron chi connectivity index (χ4n) is 3.47. The van der Waals surface area contributed by atoms with Gasteiger partial charge >= 0.3 is 5.97 Å². The van der Waals surface area contributed by atoms with Crippen molar-refractivity contribution in [2.75, 3.05) is 6.54 Å². The van der Waals surface area contributed by atoms with E-state index in [1.165, 1.54) is 25.7 Å². The summed E-state index contributed by atoms with van der Waals surface area (Å²) in [7, 11) is 0. The molecule has 2 saturated carbocycles. The second-order valence-corrected chi connectivity index (χ2v) is 6.00. The second-order valence-electron chi connectivity index (χ2n) is 6.00. The molecule has 0 amide bonds. The Bertz CT molecular complexity index is 271. The van der Waals surface area contributed by atoms with Crippen LogP contribution in [0.15, 0.2) is 0 Å². The fourth-order valence-corrected chi connectivity index (χ4v) is 3.47. The first-order chi connectivity index (χ1) is 8.14. The molecule has 2 fully saturated rings. The van der Waals surface area contributed by atoms with Crippen molar-refractivity contribution >= 4 is 5.97 Å². The largest absolute Gasteiger partial charge is 0.480 e. The molecule has 0 heterocycles. The van der Waals surface area contributed by atoms with E-state index in [-0.39, 0.29) is 0 Å². The SMILES string of the molecule is CC1CCCCC1CNC1(C(=O)O)CCCC1. The van der Waals surface area contributed by atoms with E-state index in [0.717, 1.165) is 38.1 Å². The molecular formula is C14H25NO2. The number of carbonyl (C=O) groups is 1. The zero-order chi connectivity index (χ0) is 12.3. The van der Waals surface area contributed by atoms with Gasteiger partial charge in [0.2, 0.25) is 0 Å². The number of rotatable bonds is 4. The molecule has 0 spiro atoms. The Labute approximate surface area is 104 Å². The van der Waals surface area contributed by atoms with Gasteiger partial charge in [-0.2, -0.15) is 0 Å². The van der Waals surface area contributed by atoms with Gasteiger partial charge in [-0.15, -0.1) is 0 Å². The fraction of sp³-hybridized carbons (Fsp3) is 0.929. The van der Waals surface area contributed by atoms with Crippen LogP contribution in [-0.2, 0) is 4.79 Å². The highest BCUT2D eigenvalue weighted by Gasteiger charge is 2.41. The first kappa shape index (κ1) is 12.9. The van der Waals surface area contributed by atoms with Gasteiger partial charge in [0.1, 0.15) is 5.54 Å². The van der Waals surface area contributed by atoms with E-state index < -0.39 is 11.5 Å². The Morgan fingerprint density at radius 2 is 1.88 bits per heavy atom. The van der Waals surface area contributed by atoms with E-state index >= 15 is 0 Å². The highest BCUT2D eigenvalue weighted by atomic mass is 16.4. The monoisotopic (exact) mass is 239 g/mol. The van der Waals surface area contributed by atoms with E-state index in [4.69, 9.17) is 0 Å². The summed E-state index contributed by atoms with van der Waals surface area (Å²) in [5, 5.41) is 12.8. The molecule has 3 nitrogen and oxygen atoms in total. The predicted molar refractivity (Wildman–Crippen MR) is 68.0 cm³/mol. The molecule has 0 aliphatic heterocycles. The van der Waals surface area contributed by atoms with Crippen molar-refractivity contribution in [3.8, 4) is 0 Å². The highest BCUT2D eigenvalue weighted by molar-refractivity contribution is 5.79. The molecular weight excluding hydrogens is 214 g/mol. The summed E-state index contributed by atoms with van der Waals surface area (Å²) in [5.74, 6) is 0.794. The third-order valence-corrected chi connectivity index (χ3v) is 4.86. The molecule has 0 aromatic rings. The minimum Gasteiger partial charge on any atom is -0.480 e. The van der Waals surface area contributed by atoms with Crippen LogP contribution in [0.25, 0.3) is 0 Å². The van der Waals surface area contributed by atoms with Crippen LogP contribution >= 0.6 is 0 Å². The number of carboxylic acids is 1. The smallest absolute Gasteiger partial charge is 0.323 e. The minimum absolute atomic E-state index is 0.600. The summed E-state index contributed by atoms with van der Waals surface area (Å²) in [6, 6.07) is 0. The van der Waals surface area contributed by atoms with Crippen molar-refractivity contribution in [1.29, 1.82) is 0 Å². The molecule has 2 unspecified atom stereocenters. The van der Waals surface area contributed by atoms with Crippen LogP contribution < -0.4 is 5.32 Å². The second kappa shape index (κ2) is 5.38. The van der Waals surface area contributed by atoms with Crippen LogP contribution in [0.2, 0.25) is 0 Å². The van der Waals surface area contributed by atoms with Crippen LogP contribution in [0.3, 0.4) is 0 Å². The van der Waals surface area contributed by atoms with Gasteiger partial charge in [0.15, 0.2) is 0 Å². The topological polar surface area (TPSA) is 49.3 Å². The normalized spacial score (nSPS) is 32.5. The number of nitrogens with one attached hydrogen (secondary N) is 1. The third-order valence-electron chi connectivity index (χ3n) is 4.86. The van der Waals surface area contributed by atoms with Crippen LogP contribution in [-0.4, -0.2) is 23.2 Å². The molecule has 2 N–H and O–H groups in total. The Morgan fingerprint density at radius 1 is 1.24 bits per heavy atom. The lowest BCUT2D eigenvalue weighted by molar-refractivity contribution is -0.144. The van der Waals surface area contributed by atoms with E-state index in [1.807, 2.05) is 0 Å². The van der Waals surface area contributed by atoms with Crippen molar-refractivity contribution in [3.63, 3.8) is 0 Å². The van der Waals surface area contributed by atoms with Gasteiger partial charge in [-0.25, -0.2) is 0 Å². The van der Waals surface area contributed by atoms with Crippen molar-refractivity contribution in [1.82, 2.24) is 5.32 Å².